The Labute approximate surface area is 85.4 Å². The topological polar surface area (TPSA) is 29.5 Å². The van der Waals surface area contributed by atoms with Gasteiger partial charge in [-0.2, -0.15) is 0 Å². The minimum absolute atomic E-state index is 0.142. The van der Waals surface area contributed by atoms with Gasteiger partial charge in [0.1, 0.15) is 0 Å². The molecule has 0 N–H and O–H groups in total. The molecule has 2 fully saturated rings. The average Bonchev–Trinajstić information content (AvgIpc) is 2.72. The summed E-state index contributed by atoms with van der Waals surface area (Å²) < 4.78 is 5.24. The smallest absolute Gasteiger partial charge is 0.228 e. The first-order chi connectivity index (χ1) is 6.58. The summed E-state index contributed by atoms with van der Waals surface area (Å²) in [7, 11) is 0. The van der Waals surface area contributed by atoms with Crippen LogP contribution >= 0.6 is 0 Å². The van der Waals surface area contributed by atoms with Crippen molar-refractivity contribution in [1.82, 2.24) is 4.90 Å². The monoisotopic (exact) mass is 197 g/mol. The number of hydrogen-bond acceptors (Lipinski definition) is 2. The van der Waals surface area contributed by atoms with Crippen molar-refractivity contribution in [3.8, 4) is 0 Å². The third-order valence-corrected chi connectivity index (χ3v) is 3.27. The van der Waals surface area contributed by atoms with Crippen molar-refractivity contribution in [2.75, 3.05) is 26.3 Å². The van der Waals surface area contributed by atoms with E-state index in [-0.39, 0.29) is 5.92 Å². The fraction of sp³-hybridized carbons (Fsp3) is 0.909. The Morgan fingerprint density at radius 1 is 1.50 bits per heavy atom. The Kier molecular flexibility index (Phi) is 2.52. The van der Waals surface area contributed by atoms with Crippen LogP contribution in [0.5, 0.6) is 0 Å². The predicted molar refractivity (Wildman–Crippen MR) is 53.9 cm³/mol. The number of carbonyl (C=O) groups is 1. The van der Waals surface area contributed by atoms with E-state index in [4.69, 9.17) is 4.74 Å². The summed E-state index contributed by atoms with van der Waals surface area (Å²) in [5.41, 5.74) is 0.315. The zero-order valence-electron chi connectivity index (χ0n) is 9.08. The van der Waals surface area contributed by atoms with Gasteiger partial charge in [-0.1, -0.05) is 13.8 Å². The summed E-state index contributed by atoms with van der Waals surface area (Å²) in [6.45, 7) is 7.70. The Morgan fingerprint density at radius 3 is 2.79 bits per heavy atom. The zero-order valence-corrected chi connectivity index (χ0v) is 9.08. The minimum Gasteiger partial charge on any atom is -0.381 e. The second-order valence-corrected chi connectivity index (χ2v) is 5.23. The Balaban J connectivity index is 1.92. The molecule has 2 aliphatic rings. The van der Waals surface area contributed by atoms with Crippen LogP contribution < -0.4 is 0 Å². The van der Waals surface area contributed by atoms with Crippen molar-refractivity contribution in [2.24, 2.45) is 11.3 Å². The number of carbonyl (C=O) groups excluding carboxylic acids is 1. The highest BCUT2D eigenvalue weighted by Gasteiger charge is 2.35. The predicted octanol–water partition coefficient (Wildman–Crippen LogP) is 1.28. The first-order valence-corrected chi connectivity index (χ1v) is 5.45. The molecule has 2 saturated heterocycles. The summed E-state index contributed by atoms with van der Waals surface area (Å²) in [4.78, 5) is 14.0. The van der Waals surface area contributed by atoms with E-state index in [1.807, 2.05) is 4.90 Å². The lowest BCUT2D eigenvalue weighted by molar-refractivity contribution is -0.134. The van der Waals surface area contributed by atoms with Crippen LogP contribution in [0.3, 0.4) is 0 Å². The van der Waals surface area contributed by atoms with Crippen LogP contribution in [0.2, 0.25) is 0 Å². The van der Waals surface area contributed by atoms with Gasteiger partial charge in [0.25, 0.3) is 0 Å². The lowest BCUT2D eigenvalue weighted by Crippen LogP contribution is -2.35. The molecular formula is C11H19NO2. The van der Waals surface area contributed by atoms with Gasteiger partial charge in [0.05, 0.1) is 12.5 Å². The van der Waals surface area contributed by atoms with E-state index in [0.717, 1.165) is 32.5 Å². The minimum atomic E-state index is 0.142. The van der Waals surface area contributed by atoms with Gasteiger partial charge in [0.15, 0.2) is 0 Å². The van der Waals surface area contributed by atoms with Gasteiger partial charge in [0.2, 0.25) is 5.91 Å². The van der Waals surface area contributed by atoms with Crippen LogP contribution in [0.25, 0.3) is 0 Å². The highest BCUT2D eigenvalue weighted by molar-refractivity contribution is 5.79. The van der Waals surface area contributed by atoms with E-state index < -0.39 is 0 Å². The van der Waals surface area contributed by atoms with Crippen LogP contribution in [0, 0.1) is 11.3 Å². The van der Waals surface area contributed by atoms with E-state index in [1.54, 1.807) is 0 Å². The lowest BCUT2D eigenvalue weighted by Gasteiger charge is -2.22. The summed E-state index contributed by atoms with van der Waals surface area (Å²) in [6, 6.07) is 0. The summed E-state index contributed by atoms with van der Waals surface area (Å²) in [6.07, 6.45) is 2.04. The Morgan fingerprint density at radius 2 is 2.29 bits per heavy atom. The molecule has 0 aromatic rings. The maximum atomic E-state index is 12.0. The van der Waals surface area contributed by atoms with Gasteiger partial charge in [-0.05, 0) is 18.3 Å². The normalized spacial score (nSPS) is 31.0. The molecule has 80 valence electrons. The molecule has 2 rings (SSSR count). The van der Waals surface area contributed by atoms with E-state index in [9.17, 15) is 4.79 Å². The molecular weight excluding hydrogens is 178 g/mol. The third kappa shape index (κ3) is 1.92. The fourth-order valence-corrected chi connectivity index (χ4v) is 2.29. The van der Waals surface area contributed by atoms with Gasteiger partial charge >= 0.3 is 0 Å². The SMILES string of the molecule is CC1(C)CCN(C(=O)[C@@H]2CCOC2)C1. The van der Waals surface area contributed by atoms with Gasteiger partial charge < -0.3 is 9.64 Å². The molecule has 0 unspecified atom stereocenters. The Bertz CT molecular complexity index is 231. The first-order valence-electron chi connectivity index (χ1n) is 5.45. The van der Waals surface area contributed by atoms with E-state index in [2.05, 4.69) is 13.8 Å². The van der Waals surface area contributed by atoms with Gasteiger partial charge in [0, 0.05) is 19.7 Å². The number of amides is 1. The van der Waals surface area contributed by atoms with E-state index in [0.29, 0.717) is 17.9 Å². The van der Waals surface area contributed by atoms with Gasteiger partial charge in [-0.25, -0.2) is 0 Å². The van der Waals surface area contributed by atoms with Crippen LogP contribution in [-0.4, -0.2) is 37.1 Å². The highest BCUT2D eigenvalue weighted by Crippen LogP contribution is 2.30. The van der Waals surface area contributed by atoms with Gasteiger partial charge in [-0.15, -0.1) is 0 Å². The number of likely N-dealkylation sites (tertiary alicyclic amines) is 1. The van der Waals surface area contributed by atoms with Crippen LogP contribution in [0.1, 0.15) is 26.7 Å². The molecule has 2 aliphatic heterocycles. The number of nitrogens with zero attached hydrogens (tertiary/aromatic N) is 1. The number of hydrogen-bond donors (Lipinski definition) is 0. The van der Waals surface area contributed by atoms with Crippen LogP contribution in [0.4, 0.5) is 0 Å². The molecule has 1 amide bonds. The molecule has 0 aliphatic carbocycles. The molecule has 0 aromatic heterocycles. The zero-order chi connectivity index (χ0) is 10.2. The second kappa shape index (κ2) is 3.54. The summed E-state index contributed by atoms with van der Waals surface area (Å²) in [5, 5.41) is 0. The third-order valence-electron chi connectivity index (χ3n) is 3.27. The van der Waals surface area contributed by atoms with Crippen molar-refractivity contribution < 1.29 is 9.53 Å². The van der Waals surface area contributed by atoms with Crippen molar-refractivity contribution in [1.29, 1.82) is 0 Å². The quantitative estimate of drug-likeness (QED) is 0.633. The van der Waals surface area contributed by atoms with Crippen molar-refractivity contribution in [3.63, 3.8) is 0 Å². The maximum Gasteiger partial charge on any atom is 0.228 e. The number of ether oxygens (including phenoxy) is 1. The van der Waals surface area contributed by atoms with Gasteiger partial charge in [-0.3, -0.25) is 4.79 Å². The van der Waals surface area contributed by atoms with Crippen molar-refractivity contribution in [2.45, 2.75) is 26.7 Å². The van der Waals surface area contributed by atoms with Crippen LogP contribution in [0.15, 0.2) is 0 Å². The molecule has 0 bridgehead atoms. The number of rotatable bonds is 1. The molecule has 0 saturated carbocycles. The average molecular weight is 197 g/mol. The first kappa shape index (κ1) is 9.97. The second-order valence-electron chi connectivity index (χ2n) is 5.23. The molecule has 14 heavy (non-hydrogen) atoms. The largest absolute Gasteiger partial charge is 0.381 e. The lowest BCUT2D eigenvalue weighted by atomic mass is 9.93. The summed E-state index contributed by atoms with van der Waals surface area (Å²) in [5.74, 6) is 0.456. The Hall–Kier alpha value is -0.570. The molecule has 2 heterocycles. The van der Waals surface area contributed by atoms with Crippen LogP contribution in [-0.2, 0) is 9.53 Å². The fourth-order valence-electron chi connectivity index (χ4n) is 2.29. The standard InChI is InChI=1S/C11H19NO2/c1-11(2)4-5-12(8-11)10(13)9-3-6-14-7-9/h9H,3-8H2,1-2H3/t9-/m1/s1. The van der Waals surface area contributed by atoms with E-state index in [1.165, 1.54) is 0 Å². The summed E-state index contributed by atoms with van der Waals surface area (Å²) >= 11 is 0. The molecule has 3 nitrogen and oxygen atoms in total. The highest BCUT2D eigenvalue weighted by atomic mass is 16.5. The molecule has 1 atom stereocenters. The molecule has 0 aromatic carbocycles. The molecule has 0 radical (unpaired) electrons. The van der Waals surface area contributed by atoms with Crippen molar-refractivity contribution >= 4 is 5.91 Å². The van der Waals surface area contributed by atoms with E-state index >= 15 is 0 Å². The van der Waals surface area contributed by atoms with Crippen molar-refractivity contribution in [3.05, 3.63) is 0 Å². The molecule has 3 heteroatoms. The maximum absolute atomic E-state index is 12.0. The molecule has 0 spiro atoms.